The fraction of sp³-hybridized carbons (Fsp3) is 0.529. The number of aliphatic carboxylic acids is 1. The second-order valence-electron chi connectivity index (χ2n) is 6.53. The van der Waals surface area contributed by atoms with Gasteiger partial charge in [-0.25, -0.2) is 13.2 Å². The van der Waals surface area contributed by atoms with E-state index in [2.05, 4.69) is 5.32 Å². The highest BCUT2D eigenvalue weighted by atomic mass is 32.2. The summed E-state index contributed by atoms with van der Waals surface area (Å²) in [7, 11) is -3.60. The van der Waals surface area contributed by atoms with E-state index in [1.54, 1.807) is 35.2 Å². The first-order valence-corrected chi connectivity index (χ1v) is 10.3. The minimum atomic E-state index is -5.08. The lowest BCUT2D eigenvalue weighted by atomic mass is 10.3. The maximum absolute atomic E-state index is 12.8. The highest BCUT2D eigenvalue weighted by Gasteiger charge is 2.40. The van der Waals surface area contributed by atoms with Crippen LogP contribution in [-0.4, -0.2) is 79.5 Å². The normalized spacial score (nSPS) is 17.4. The summed E-state index contributed by atoms with van der Waals surface area (Å²) in [4.78, 5) is 23.3. The van der Waals surface area contributed by atoms with Gasteiger partial charge in [-0.2, -0.15) is 17.5 Å². The van der Waals surface area contributed by atoms with Crippen LogP contribution < -0.4 is 5.32 Å². The van der Waals surface area contributed by atoms with E-state index in [0.29, 0.717) is 13.1 Å². The predicted octanol–water partition coefficient (Wildman–Crippen LogP) is 0.905. The topological polar surface area (TPSA) is 107 Å². The van der Waals surface area contributed by atoms with Gasteiger partial charge in [0.2, 0.25) is 15.9 Å². The zero-order valence-electron chi connectivity index (χ0n) is 15.4. The summed E-state index contributed by atoms with van der Waals surface area (Å²) in [6.07, 6.45) is -3.41. The number of halogens is 3. The number of benzene rings is 1. The van der Waals surface area contributed by atoms with Crippen molar-refractivity contribution in [2.24, 2.45) is 0 Å². The Balaban J connectivity index is 0.000000370. The number of carboxylic acid groups (broad SMARTS) is 1. The number of hydrogen-bond donors (Lipinski definition) is 2. The second kappa shape index (κ2) is 9.55. The Labute approximate surface area is 166 Å². The molecule has 1 saturated heterocycles. The Bertz CT molecular complexity index is 807. The van der Waals surface area contributed by atoms with Gasteiger partial charge in [0.1, 0.15) is 0 Å². The third-order valence-electron chi connectivity index (χ3n) is 4.31. The molecule has 2 N–H and O–H groups in total. The van der Waals surface area contributed by atoms with Crippen molar-refractivity contribution < 1.29 is 36.3 Å². The molecule has 3 rings (SSSR count). The van der Waals surface area contributed by atoms with Crippen molar-refractivity contribution in [2.45, 2.75) is 30.0 Å². The number of carboxylic acids is 1. The van der Waals surface area contributed by atoms with Crippen molar-refractivity contribution >= 4 is 21.9 Å². The van der Waals surface area contributed by atoms with E-state index in [9.17, 15) is 26.4 Å². The van der Waals surface area contributed by atoms with Crippen LogP contribution in [0.3, 0.4) is 0 Å². The molecule has 1 saturated carbocycles. The van der Waals surface area contributed by atoms with Gasteiger partial charge in [0.15, 0.2) is 0 Å². The molecule has 1 aliphatic heterocycles. The highest BCUT2D eigenvalue weighted by molar-refractivity contribution is 7.89. The average Bonchev–Trinajstić information content (AvgIpc) is 3.52. The summed E-state index contributed by atoms with van der Waals surface area (Å²) >= 11 is 0. The average molecular weight is 437 g/mol. The zero-order chi connectivity index (χ0) is 21.7. The van der Waals surface area contributed by atoms with Crippen LogP contribution in [0, 0.1) is 0 Å². The van der Waals surface area contributed by atoms with Gasteiger partial charge in [-0.05, 0) is 25.0 Å². The van der Waals surface area contributed by atoms with Crippen LogP contribution >= 0.6 is 0 Å². The summed E-state index contributed by atoms with van der Waals surface area (Å²) in [6, 6.07) is 8.33. The van der Waals surface area contributed by atoms with Crippen molar-refractivity contribution in [1.29, 1.82) is 0 Å². The minimum Gasteiger partial charge on any atom is -0.475 e. The maximum Gasteiger partial charge on any atom is 0.490 e. The molecular formula is C17H22F3N3O5S. The molecule has 12 heteroatoms. The van der Waals surface area contributed by atoms with Crippen molar-refractivity contribution in [3.63, 3.8) is 0 Å². The van der Waals surface area contributed by atoms with Crippen LogP contribution in [0.15, 0.2) is 35.2 Å². The van der Waals surface area contributed by atoms with Gasteiger partial charge in [-0.1, -0.05) is 18.2 Å². The highest BCUT2D eigenvalue weighted by Crippen LogP contribution is 2.31. The largest absolute Gasteiger partial charge is 0.490 e. The number of carbonyl (C=O) groups is 2. The lowest BCUT2D eigenvalue weighted by molar-refractivity contribution is -0.192. The van der Waals surface area contributed by atoms with E-state index in [4.69, 9.17) is 9.90 Å². The molecule has 0 atom stereocenters. The van der Waals surface area contributed by atoms with Crippen LogP contribution in [0.1, 0.15) is 12.8 Å². The van der Waals surface area contributed by atoms with Gasteiger partial charge in [0.05, 0.1) is 11.4 Å². The number of piperazine rings is 1. The monoisotopic (exact) mass is 437 g/mol. The molecule has 1 aromatic rings. The molecule has 0 unspecified atom stereocenters. The van der Waals surface area contributed by atoms with Crippen LogP contribution in [-0.2, 0) is 19.6 Å². The summed E-state index contributed by atoms with van der Waals surface area (Å²) in [6.45, 7) is 2.76. The molecule has 0 aromatic heterocycles. The van der Waals surface area contributed by atoms with Crippen molar-refractivity contribution in [3.8, 4) is 0 Å². The molecule has 1 aliphatic carbocycles. The van der Waals surface area contributed by atoms with Gasteiger partial charge in [-0.15, -0.1) is 0 Å². The molecule has 8 nitrogen and oxygen atoms in total. The van der Waals surface area contributed by atoms with Gasteiger partial charge in [-0.3, -0.25) is 4.79 Å². The van der Waals surface area contributed by atoms with Gasteiger partial charge >= 0.3 is 12.1 Å². The first-order valence-electron chi connectivity index (χ1n) is 8.89. The third-order valence-corrected chi connectivity index (χ3v) is 6.22. The standard InChI is InChI=1S/C15H21N3O3S.C2HF3O2/c19-15(17-10-8-16-9-11-17)12-18(13-6-7-13)22(20,21)14-4-2-1-3-5-14;3-2(4,5)1(6)7/h1-5,13,16H,6-12H2;(H,6,7). The number of sulfonamides is 1. The van der Waals surface area contributed by atoms with Crippen LogP contribution in [0.4, 0.5) is 13.2 Å². The number of nitrogens with zero attached hydrogens (tertiary/aromatic N) is 2. The Hall–Kier alpha value is -2.18. The Morgan fingerprint density at radius 3 is 2.10 bits per heavy atom. The molecule has 0 spiro atoms. The van der Waals surface area contributed by atoms with Crippen molar-refractivity contribution in [3.05, 3.63) is 30.3 Å². The fourth-order valence-corrected chi connectivity index (χ4v) is 4.30. The van der Waals surface area contributed by atoms with Crippen molar-refractivity contribution in [1.82, 2.24) is 14.5 Å². The fourth-order valence-electron chi connectivity index (χ4n) is 2.65. The summed E-state index contributed by atoms with van der Waals surface area (Å²) in [5.41, 5.74) is 0. The van der Waals surface area contributed by atoms with E-state index in [1.807, 2.05) is 0 Å². The lowest BCUT2D eigenvalue weighted by Gasteiger charge is -2.30. The van der Waals surface area contributed by atoms with Crippen LogP contribution in [0.25, 0.3) is 0 Å². The Kier molecular flexibility index (Phi) is 7.60. The zero-order valence-corrected chi connectivity index (χ0v) is 16.2. The SMILES string of the molecule is O=C(CN(C1CC1)S(=O)(=O)c1ccccc1)N1CCNCC1.O=C(O)C(F)(F)F. The summed E-state index contributed by atoms with van der Waals surface area (Å²) < 4.78 is 58.7. The molecule has 29 heavy (non-hydrogen) atoms. The lowest BCUT2D eigenvalue weighted by Crippen LogP contribution is -2.50. The first kappa shape index (κ1) is 23.1. The van der Waals surface area contributed by atoms with E-state index < -0.39 is 22.2 Å². The van der Waals surface area contributed by atoms with Crippen molar-refractivity contribution in [2.75, 3.05) is 32.7 Å². The molecule has 162 valence electrons. The van der Waals surface area contributed by atoms with E-state index in [0.717, 1.165) is 25.9 Å². The Morgan fingerprint density at radius 1 is 1.14 bits per heavy atom. The number of hydrogen-bond acceptors (Lipinski definition) is 5. The summed E-state index contributed by atoms with van der Waals surface area (Å²) in [5.74, 6) is -2.86. The van der Waals surface area contributed by atoms with E-state index in [1.165, 1.54) is 4.31 Å². The molecule has 1 heterocycles. The summed E-state index contributed by atoms with van der Waals surface area (Å²) in [5, 5.41) is 10.3. The number of nitrogens with one attached hydrogen (secondary N) is 1. The van der Waals surface area contributed by atoms with E-state index in [-0.39, 0.29) is 23.4 Å². The predicted molar refractivity (Wildman–Crippen MR) is 96.5 cm³/mol. The molecule has 0 radical (unpaired) electrons. The number of rotatable bonds is 5. The maximum atomic E-state index is 12.8. The first-order chi connectivity index (χ1) is 13.5. The van der Waals surface area contributed by atoms with Gasteiger partial charge in [0, 0.05) is 32.2 Å². The number of carbonyl (C=O) groups excluding carboxylic acids is 1. The quantitative estimate of drug-likeness (QED) is 0.709. The number of alkyl halides is 3. The molecule has 2 fully saturated rings. The molecule has 2 aliphatic rings. The van der Waals surface area contributed by atoms with E-state index >= 15 is 0 Å². The van der Waals surface area contributed by atoms with Crippen LogP contribution in [0.5, 0.6) is 0 Å². The van der Waals surface area contributed by atoms with Gasteiger partial charge in [0.25, 0.3) is 0 Å². The molecular weight excluding hydrogens is 415 g/mol. The second-order valence-corrected chi connectivity index (χ2v) is 8.42. The van der Waals surface area contributed by atoms with Crippen LogP contribution in [0.2, 0.25) is 0 Å². The minimum absolute atomic E-state index is 0.0305. The number of amides is 1. The van der Waals surface area contributed by atoms with Gasteiger partial charge < -0.3 is 15.3 Å². The molecule has 1 amide bonds. The smallest absolute Gasteiger partial charge is 0.475 e. The third kappa shape index (κ3) is 6.68. The molecule has 0 bridgehead atoms. The molecule has 1 aromatic carbocycles. The Morgan fingerprint density at radius 2 is 1.66 bits per heavy atom.